The molecule has 0 amide bonds. The average molecular weight is 304 g/mol. The number of hydrogen-bond donors (Lipinski definition) is 1. The van der Waals surface area contributed by atoms with E-state index in [4.69, 9.17) is 0 Å². The van der Waals surface area contributed by atoms with Crippen LogP contribution in [0.25, 0.3) is 0 Å². The number of aliphatic hydroxyl groups is 1. The van der Waals surface area contributed by atoms with Crippen LogP contribution in [0.5, 0.6) is 0 Å². The Morgan fingerprint density at radius 3 is 2.55 bits per heavy atom. The van der Waals surface area contributed by atoms with Gasteiger partial charge in [0.25, 0.3) is 0 Å². The van der Waals surface area contributed by atoms with Crippen molar-refractivity contribution in [1.82, 2.24) is 0 Å². The first-order valence-corrected chi connectivity index (χ1v) is 9.58. The van der Waals surface area contributed by atoms with Crippen LogP contribution in [-0.2, 0) is 4.79 Å². The maximum absolute atomic E-state index is 12.7. The van der Waals surface area contributed by atoms with Crippen molar-refractivity contribution < 1.29 is 9.90 Å². The van der Waals surface area contributed by atoms with Gasteiger partial charge in [-0.1, -0.05) is 20.8 Å². The molecular formula is C20H32O2. The minimum atomic E-state index is -0.0587. The van der Waals surface area contributed by atoms with Gasteiger partial charge in [0.1, 0.15) is 5.78 Å². The highest BCUT2D eigenvalue weighted by atomic mass is 16.3. The van der Waals surface area contributed by atoms with Crippen LogP contribution in [-0.4, -0.2) is 17.0 Å². The summed E-state index contributed by atoms with van der Waals surface area (Å²) in [5.74, 6) is 3.77. The lowest BCUT2D eigenvalue weighted by Crippen LogP contribution is -2.54. The minimum absolute atomic E-state index is 0.0159. The molecule has 0 heterocycles. The van der Waals surface area contributed by atoms with Gasteiger partial charge in [0.15, 0.2) is 0 Å². The van der Waals surface area contributed by atoms with E-state index in [2.05, 4.69) is 20.8 Å². The second kappa shape index (κ2) is 4.82. The Kier molecular flexibility index (Phi) is 3.32. The van der Waals surface area contributed by atoms with Gasteiger partial charge in [0.05, 0.1) is 6.10 Å². The highest BCUT2D eigenvalue weighted by Gasteiger charge is 2.61. The van der Waals surface area contributed by atoms with Crippen molar-refractivity contribution in [2.24, 2.45) is 40.4 Å². The number of hydrogen-bond acceptors (Lipinski definition) is 2. The molecule has 4 aliphatic carbocycles. The standard InChI is InChI=1S/C20H32O2/c1-12-10-17-15-5-4-13-11-14(21)6-8-19(13,2)16(15)7-9-20(17,3)18(12)22/h12-17,21H,4-11H2,1-3H3/t12-,13+,14+,15-,16+,17+,19+,20+/m1/s1. The molecule has 0 aromatic rings. The maximum Gasteiger partial charge on any atom is 0.141 e. The molecule has 0 unspecified atom stereocenters. The van der Waals surface area contributed by atoms with Gasteiger partial charge in [-0.2, -0.15) is 0 Å². The number of ketones is 1. The van der Waals surface area contributed by atoms with Gasteiger partial charge in [0, 0.05) is 11.3 Å². The van der Waals surface area contributed by atoms with Crippen LogP contribution >= 0.6 is 0 Å². The number of rotatable bonds is 0. The van der Waals surface area contributed by atoms with Gasteiger partial charge < -0.3 is 5.11 Å². The first kappa shape index (κ1) is 15.2. The van der Waals surface area contributed by atoms with Crippen LogP contribution in [0.1, 0.15) is 72.1 Å². The van der Waals surface area contributed by atoms with Crippen molar-refractivity contribution in [3.8, 4) is 0 Å². The molecule has 4 aliphatic rings. The second-order valence-corrected chi connectivity index (χ2v) is 9.54. The lowest BCUT2D eigenvalue weighted by molar-refractivity contribution is -0.143. The summed E-state index contributed by atoms with van der Waals surface area (Å²) in [4.78, 5) is 12.7. The fourth-order valence-corrected chi connectivity index (χ4v) is 7.35. The summed E-state index contributed by atoms with van der Waals surface area (Å²) in [6.07, 6.45) is 9.25. The number of fused-ring (bicyclic) bond motifs is 5. The molecule has 1 N–H and O–H groups in total. The third kappa shape index (κ3) is 1.85. The Morgan fingerprint density at radius 1 is 1.00 bits per heavy atom. The van der Waals surface area contributed by atoms with Gasteiger partial charge in [0.2, 0.25) is 0 Å². The molecular weight excluding hydrogens is 272 g/mol. The van der Waals surface area contributed by atoms with Crippen molar-refractivity contribution in [3.05, 3.63) is 0 Å². The molecule has 0 radical (unpaired) electrons. The van der Waals surface area contributed by atoms with E-state index in [1.165, 1.54) is 25.7 Å². The quantitative estimate of drug-likeness (QED) is 0.728. The molecule has 0 saturated heterocycles. The topological polar surface area (TPSA) is 37.3 Å². The van der Waals surface area contributed by atoms with Crippen molar-refractivity contribution in [1.29, 1.82) is 0 Å². The monoisotopic (exact) mass is 304 g/mol. The number of carbonyl (C=O) groups excluding carboxylic acids is 1. The predicted molar refractivity (Wildman–Crippen MR) is 87.3 cm³/mol. The molecule has 2 nitrogen and oxygen atoms in total. The van der Waals surface area contributed by atoms with Gasteiger partial charge in [-0.05, 0) is 80.5 Å². The summed E-state index contributed by atoms with van der Waals surface area (Å²) in [6.45, 7) is 6.95. The van der Waals surface area contributed by atoms with Crippen LogP contribution in [0.4, 0.5) is 0 Å². The molecule has 22 heavy (non-hydrogen) atoms. The lowest BCUT2D eigenvalue weighted by Gasteiger charge is -2.60. The zero-order valence-electron chi connectivity index (χ0n) is 14.5. The van der Waals surface area contributed by atoms with E-state index in [1.807, 2.05) is 0 Å². The SMILES string of the molecule is C[C@@H]1C[C@H]2[C@@H]3CC[C@H]4C[C@@H](O)CC[C@]4(C)[C@H]3CC[C@]2(C)C1=O. The summed E-state index contributed by atoms with van der Waals surface area (Å²) < 4.78 is 0. The van der Waals surface area contributed by atoms with Crippen molar-refractivity contribution >= 4 is 5.78 Å². The Balaban J connectivity index is 1.64. The molecule has 0 aromatic heterocycles. The molecule has 0 bridgehead atoms. The number of aliphatic hydroxyl groups excluding tert-OH is 1. The van der Waals surface area contributed by atoms with E-state index < -0.39 is 0 Å². The van der Waals surface area contributed by atoms with Gasteiger partial charge >= 0.3 is 0 Å². The van der Waals surface area contributed by atoms with E-state index in [9.17, 15) is 9.90 Å². The van der Waals surface area contributed by atoms with Crippen LogP contribution in [0.2, 0.25) is 0 Å². The third-order valence-corrected chi connectivity index (χ3v) is 8.65. The van der Waals surface area contributed by atoms with E-state index in [1.54, 1.807) is 0 Å². The molecule has 124 valence electrons. The zero-order valence-corrected chi connectivity index (χ0v) is 14.5. The van der Waals surface area contributed by atoms with E-state index in [-0.39, 0.29) is 17.4 Å². The molecule has 0 aromatic carbocycles. The van der Waals surface area contributed by atoms with Crippen molar-refractivity contribution in [3.63, 3.8) is 0 Å². The number of carbonyl (C=O) groups is 1. The molecule has 0 spiro atoms. The Hall–Kier alpha value is -0.370. The Labute approximate surface area is 135 Å². The summed E-state index contributed by atoms with van der Waals surface area (Å²) in [5, 5.41) is 10.1. The summed E-state index contributed by atoms with van der Waals surface area (Å²) in [5.41, 5.74) is 0.413. The minimum Gasteiger partial charge on any atom is -0.393 e. The van der Waals surface area contributed by atoms with Crippen molar-refractivity contribution in [2.45, 2.75) is 78.2 Å². The lowest BCUT2D eigenvalue weighted by atomic mass is 9.45. The Morgan fingerprint density at radius 2 is 1.77 bits per heavy atom. The van der Waals surface area contributed by atoms with E-state index in [0.717, 1.165) is 43.4 Å². The summed E-state index contributed by atoms with van der Waals surface area (Å²) in [6, 6.07) is 0. The molecule has 2 heteroatoms. The van der Waals surface area contributed by atoms with Crippen LogP contribution in [0, 0.1) is 40.4 Å². The highest BCUT2D eigenvalue weighted by molar-refractivity contribution is 5.89. The average Bonchev–Trinajstić information content (AvgIpc) is 2.72. The van der Waals surface area contributed by atoms with Crippen LogP contribution in [0.3, 0.4) is 0 Å². The highest BCUT2D eigenvalue weighted by Crippen LogP contribution is 2.66. The summed E-state index contributed by atoms with van der Waals surface area (Å²) >= 11 is 0. The van der Waals surface area contributed by atoms with Crippen LogP contribution in [0.15, 0.2) is 0 Å². The molecule has 4 rings (SSSR count). The van der Waals surface area contributed by atoms with Gasteiger partial charge in [-0.15, -0.1) is 0 Å². The predicted octanol–water partition coefficient (Wildman–Crippen LogP) is 4.21. The fraction of sp³-hybridized carbons (Fsp3) is 0.950. The van der Waals surface area contributed by atoms with Gasteiger partial charge in [-0.3, -0.25) is 4.79 Å². The number of Topliss-reactive ketones (excluding diaryl/α,β-unsaturated/α-hetero) is 1. The maximum atomic E-state index is 12.7. The first-order chi connectivity index (χ1) is 10.4. The second-order valence-electron chi connectivity index (χ2n) is 9.54. The largest absolute Gasteiger partial charge is 0.393 e. The Bertz CT molecular complexity index is 486. The molecule has 4 saturated carbocycles. The zero-order chi connectivity index (χ0) is 15.7. The fourth-order valence-electron chi connectivity index (χ4n) is 7.35. The van der Waals surface area contributed by atoms with Crippen LogP contribution < -0.4 is 0 Å². The molecule has 8 atom stereocenters. The van der Waals surface area contributed by atoms with E-state index >= 15 is 0 Å². The smallest absolute Gasteiger partial charge is 0.141 e. The van der Waals surface area contributed by atoms with E-state index in [0.29, 0.717) is 17.1 Å². The molecule has 0 aliphatic heterocycles. The first-order valence-electron chi connectivity index (χ1n) is 9.58. The van der Waals surface area contributed by atoms with Gasteiger partial charge in [-0.25, -0.2) is 0 Å². The van der Waals surface area contributed by atoms with Crippen molar-refractivity contribution in [2.75, 3.05) is 0 Å². The molecule has 4 fully saturated rings. The normalized spacial score (nSPS) is 57.9. The summed E-state index contributed by atoms with van der Waals surface area (Å²) in [7, 11) is 0. The third-order valence-electron chi connectivity index (χ3n) is 8.65.